The van der Waals surface area contributed by atoms with Gasteiger partial charge >= 0.3 is 5.97 Å². The van der Waals surface area contributed by atoms with Crippen LogP contribution in [0.3, 0.4) is 0 Å². The predicted octanol–water partition coefficient (Wildman–Crippen LogP) is 4.56. The highest BCUT2D eigenvalue weighted by atomic mass is 127. The van der Waals surface area contributed by atoms with E-state index in [0.717, 1.165) is 17.3 Å². The van der Waals surface area contributed by atoms with E-state index in [1.165, 1.54) is 19.1 Å². The molecule has 0 aliphatic heterocycles. The SMILES string of the molecule is CC(=O)O[C@]1(C(=O)SCI)[C@@H](C)C[C@H]2[C@@H]3CCC4=CC(=O)C=C[C@]4(C)[C@@]3(F)[C@@H](O)C[C@@]21C. The maximum absolute atomic E-state index is 17.2. The number of ketones is 1. The Hall–Kier alpha value is -0.740. The Morgan fingerprint density at radius 1 is 1.34 bits per heavy atom. The molecule has 0 radical (unpaired) electrons. The maximum Gasteiger partial charge on any atom is 0.303 e. The van der Waals surface area contributed by atoms with Gasteiger partial charge in [0.2, 0.25) is 5.12 Å². The minimum Gasteiger partial charge on any atom is -0.449 e. The van der Waals surface area contributed by atoms with Crippen molar-refractivity contribution in [3.63, 3.8) is 0 Å². The Morgan fingerprint density at radius 3 is 2.66 bits per heavy atom. The highest BCUT2D eigenvalue weighted by Gasteiger charge is 2.77. The Kier molecular flexibility index (Phi) is 6.02. The average Bonchev–Trinajstić information content (AvgIpc) is 2.91. The van der Waals surface area contributed by atoms with Gasteiger partial charge in [-0.2, -0.15) is 0 Å². The number of thioether (sulfide) groups is 1. The third-order valence-electron chi connectivity index (χ3n) is 8.97. The van der Waals surface area contributed by atoms with Crippen molar-refractivity contribution in [1.29, 1.82) is 0 Å². The van der Waals surface area contributed by atoms with Crippen molar-refractivity contribution >= 4 is 51.2 Å². The molecule has 3 fully saturated rings. The van der Waals surface area contributed by atoms with Crippen LogP contribution in [-0.2, 0) is 19.1 Å². The first-order valence-corrected chi connectivity index (χ1v) is 13.6. The molecule has 3 saturated carbocycles. The minimum absolute atomic E-state index is 0.0144. The molecule has 176 valence electrons. The second-order valence-corrected chi connectivity index (χ2v) is 13.0. The smallest absolute Gasteiger partial charge is 0.303 e. The molecular formula is C24H30FIO5S. The molecule has 0 aromatic rings. The van der Waals surface area contributed by atoms with Crippen LogP contribution >= 0.6 is 34.4 Å². The number of esters is 1. The van der Waals surface area contributed by atoms with E-state index in [9.17, 15) is 19.5 Å². The van der Waals surface area contributed by atoms with Crippen molar-refractivity contribution < 1.29 is 28.6 Å². The summed E-state index contributed by atoms with van der Waals surface area (Å²) in [6.45, 7) is 6.87. The highest BCUT2D eigenvalue weighted by molar-refractivity contribution is 14.1. The summed E-state index contributed by atoms with van der Waals surface area (Å²) in [5.74, 6) is -1.75. The Balaban J connectivity index is 1.85. The summed E-state index contributed by atoms with van der Waals surface area (Å²) in [5, 5.41) is 11.2. The van der Waals surface area contributed by atoms with Gasteiger partial charge in [0.1, 0.15) is 0 Å². The summed E-state index contributed by atoms with van der Waals surface area (Å²) in [6.07, 6.45) is 4.77. The molecular weight excluding hydrogens is 546 g/mol. The summed E-state index contributed by atoms with van der Waals surface area (Å²) in [5.41, 5.74) is -4.62. The number of ether oxygens (including phenoxy) is 1. The maximum atomic E-state index is 17.2. The molecule has 0 aromatic heterocycles. The zero-order valence-electron chi connectivity index (χ0n) is 18.8. The lowest BCUT2D eigenvalue weighted by Crippen LogP contribution is -2.69. The molecule has 1 N–H and O–H groups in total. The summed E-state index contributed by atoms with van der Waals surface area (Å²) < 4.78 is 23.6. The Labute approximate surface area is 206 Å². The monoisotopic (exact) mass is 576 g/mol. The van der Waals surface area contributed by atoms with Gasteiger partial charge in [-0.25, -0.2) is 4.39 Å². The number of aliphatic hydroxyl groups excluding tert-OH is 1. The third-order valence-corrected chi connectivity index (χ3v) is 10.6. The fourth-order valence-corrected chi connectivity index (χ4v) is 9.25. The lowest BCUT2D eigenvalue weighted by atomic mass is 9.45. The van der Waals surface area contributed by atoms with Gasteiger partial charge in [-0.05, 0) is 50.7 Å². The second-order valence-electron chi connectivity index (χ2n) is 10.3. The first kappa shape index (κ1) is 24.4. The van der Waals surface area contributed by atoms with E-state index in [1.807, 2.05) is 13.8 Å². The number of carbonyl (C=O) groups is 3. The zero-order valence-corrected chi connectivity index (χ0v) is 21.8. The van der Waals surface area contributed by atoms with Gasteiger partial charge in [0.05, 0.1) is 9.86 Å². The van der Waals surface area contributed by atoms with Crippen LogP contribution in [0.15, 0.2) is 23.8 Å². The average molecular weight is 576 g/mol. The largest absolute Gasteiger partial charge is 0.449 e. The highest BCUT2D eigenvalue weighted by Crippen LogP contribution is 2.71. The van der Waals surface area contributed by atoms with Gasteiger partial charge in [0.15, 0.2) is 17.1 Å². The van der Waals surface area contributed by atoms with Gasteiger partial charge in [-0.15, -0.1) is 0 Å². The van der Waals surface area contributed by atoms with Crippen LogP contribution in [0.25, 0.3) is 0 Å². The van der Waals surface area contributed by atoms with E-state index in [-0.39, 0.29) is 29.2 Å². The Morgan fingerprint density at radius 2 is 2.03 bits per heavy atom. The number of hydrogen-bond donors (Lipinski definition) is 1. The van der Waals surface area contributed by atoms with Crippen molar-refractivity contribution in [3.8, 4) is 0 Å². The van der Waals surface area contributed by atoms with Gasteiger partial charge in [-0.1, -0.05) is 59.8 Å². The normalized spacial score (nSPS) is 47.2. The summed E-state index contributed by atoms with van der Waals surface area (Å²) in [4.78, 5) is 37.7. The summed E-state index contributed by atoms with van der Waals surface area (Å²) >= 11 is 3.21. The van der Waals surface area contributed by atoms with Crippen molar-refractivity contribution in [2.75, 3.05) is 3.76 Å². The molecule has 0 bridgehead atoms. The first-order chi connectivity index (χ1) is 14.9. The fraction of sp³-hybridized carbons (Fsp3) is 0.708. The number of allylic oxidation sites excluding steroid dienone is 4. The molecule has 8 heteroatoms. The molecule has 0 aromatic carbocycles. The van der Waals surface area contributed by atoms with E-state index in [4.69, 9.17) is 4.74 Å². The fourth-order valence-electron chi connectivity index (χ4n) is 7.61. The van der Waals surface area contributed by atoms with Crippen LogP contribution in [0.4, 0.5) is 4.39 Å². The van der Waals surface area contributed by atoms with Crippen LogP contribution in [0, 0.1) is 28.6 Å². The van der Waals surface area contributed by atoms with Crippen LogP contribution < -0.4 is 0 Å². The van der Waals surface area contributed by atoms with Gasteiger partial charge in [0, 0.05) is 29.6 Å². The molecule has 4 rings (SSSR count). The molecule has 0 saturated heterocycles. The predicted molar refractivity (Wildman–Crippen MR) is 129 cm³/mol. The number of alkyl halides is 2. The number of carbonyl (C=O) groups excluding carboxylic acids is 3. The molecule has 0 heterocycles. The quantitative estimate of drug-likeness (QED) is 0.302. The van der Waals surface area contributed by atoms with E-state index in [0.29, 0.717) is 23.0 Å². The van der Waals surface area contributed by atoms with Crippen LogP contribution in [0.5, 0.6) is 0 Å². The molecule has 32 heavy (non-hydrogen) atoms. The molecule has 0 spiro atoms. The van der Waals surface area contributed by atoms with Crippen molar-refractivity contribution in [2.45, 2.75) is 70.8 Å². The Bertz CT molecular complexity index is 935. The van der Waals surface area contributed by atoms with Crippen molar-refractivity contribution in [1.82, 2.24) is 0 Å². The zero-order chi connectivity index (χ0) is 23.7. The second kappa shape index (κ2) is 7.90. The van der Waals surface area contributed by atoms with Crippen molar-refractivity contribution in [3.05, 3.63) is 23.8 Å². The third kappa shape index (κ3) is 2.93. The molecule has 4 aliphatic carbocycles. The first-order valence-electron chi connectivity index (χ1n) is 11.1. The molecule has 5 nitrogen and oxygen atoms in total. The lowest BCUT2D eigenvalue weighted by molar-refractivity contribution is -0.224. The number of halogens is 2. The van der Waals surface area contributed by atoms with Gasteiger partial charge in [0.25, 0.3) is 0 Å². The van der Waals surface area contributed by atoms with Crippen molar-refractivity contribution in [2.24, 2.45) is 28.6 Å². The standard InChI is InChI=1S/C24H30FIO5S/c1-13-9-18-17-6-5-15-10-16(28)7-8-21(15,3)23(17,25)19(29)11-22(18,4)24(13,31-14(2)27)20(30)32-12-26/h7-8,10,13,17-19,29H,5-6,9,11-12H2,1-4H3/t13-,17-,18-,19-,21-,22-,23-,24-/m0/s1. The van der Waals surface area contributed by atoms with E-state index < -0.39 is 40.1 Å². The molecule has 0 amide bonds. The van der Waals surface area contributed by atoms with Gasteiger partial charge in [-0.3, -0.25) is 14.4 Å². The molecule has 0 unspecified atom stereocenters. The summed E-state index contributed by atoms with van der Waals surface area (Å²) in [6, 6.07) is 0. The van der Waals surface area contributed by atoms with E-state index in [2.05, 4.69) is 22.6 Å². The number of fused-ring (bicyclic) bond motifs is 5. The lowest BCUT2D eigenvalue weighted by Gasteiger charge is -2.62. The number of aliphatic hydroxyl groups is 1. The van der Waals surface area contributed by atoms with Crippen LogP contribution in [-0.4, -0.2) is 43.1 Å². The number of rotatable bonds is 3. The number of hydrogen-bond acceptors (Lipinski definition) is 6. The van der Waals surface area contributed by atoms with E-state index >= 15 is 4.39 Å². The topological polar surface area (TPSA) is 80.7 Å². The van der Waals surface area contributed by atoms with Gasteiger partial charge < -0.3 is 9.84 Å². The van der Waals surface area contributed by atoms with E-state index in [1.54, 1.807) is 13.0 Å². The van der Waals surface area contributed by atoms with Crippen LogP contribution in [0.2, 0.25) is 0 Å². The molecule has 8 atom stereocenters. The minimum atomic E-state index is -1.97. The summed E-state index contributed by atoms with van der Waals surface area (Å²) in [7, 11) is 0. The molecule has 4 aliphatic rings. The van der Waals surface area contributed by atoms with Crippen LogP contribution in [0.1, 0.15) is 53.4 Å².